The number of rotatable bonds is 3. The molecule has 1 aromatic heterocycles. The standard InChI is InChI=1S/C11H14BrNO2/c12-10-3-1-2-8(10)6-13-11(14)9-4-5-15-7-9/h4-5,7-8,10H,1-3,6H2,(H,13,14). The number of alkyl halides is 1. The summed E-state index contributed by atoms with van der Waals surface area (Å²) in [7, 11) is 0. The third-order valence-electron chi connectivity index (χ3n) is 2.87. The molecule has 0 aliphatic heterocycles. The van der Waals surface area contributed by atoms with Gasteiger partial charge in [0.15, 0.2) is 0 Å². The molecule has 1 aliphatic carbocycles. The van der Waals surface area contributed by atoms with Crippen molar-refractivity contribution in [2.45, 2.75) is 24.1 Å². The summed E-state index contributed by atoms with van der Waals surface area (Å²) < 4.78 is 4.86. The topological polar surface area (TPSA) is 42.2 Å². The molecule has 0 saturated heterocycles. The van der Waals surface area contributed by atoms with Crippen LogP contribution in [-0.2, 0) is 0 Å². The molecule has 15 heavy (non-hydrogen) atoms. The molecule has 0 aromatic carbocycles. The van der Waals surface area contributed by atoms with Gasteiger partial charge < -0.3 is 9.73 Å². The van der Waals surface area contributed by atoms with E-state index in [-0.39, 0.29) is 5.91 Å². The number of nitrogens with one attached hydrogen (secondary N) is 1. The van der Waals surface area contributed by atoms with Crippen molar-refractivity contribution >= 4 is 21.8 Å². The highest BCUT2D eigenvalue weighted by molar-refractivity contribution is 9.09. The fraction of sp³-hybridized carbons (Fsp3) is 0.545. The molecule has 1 aliphatic rings. The maximum atomic E-state index is 11.6. The van der Waals surface area contributed by atoms with Gasteiger partial charge in [0.25, 0.3) is 5.91 Å². The van der Waals surface area contributed by atoms with Crippen molar-refractivity contribution in [2.75, 3.05) is 6.54 Å². The van der Waals surface area contributed by atoms with E-state index in [0.29, 0.717) is 16.3 Å². The Hall–Kier alpha value is -0.770. The SMILES string of the molecule is O=C(NCC1CCCC1Br)c1ccoc1. The number of carbonyl (C=O) groups is 1. The molecule has 82 valence electrons. The summed E-state index contributed by atoms with van der Waals surface area (Å²) >= 11 is 3.63. The number of hydrogen-bond acceptors (Lipinski definition) is 2. The van der Waals surface area contributed by atoms with E-state index < -0.39 is 0 Å². The molecular weight excluding hydrogens is 258 g/mol. The Morgan fingerprint density at radius 3 is 3.07 bits per heavy atom. The van der Waals surface area contributed by atoms with Crippen LogP contribution in [0.4, 0.5) is 0 Å². The second-order valence-electron chi connectivity index (χ2n) is 3.93. The van der Waals surface area contributed by atoms with Crippen LogP contribution < -0.4 is 5.32 Å². The van der Waals surface area contributed by atoms with Gasteiger partial charge in [-0.1, -0.05) is 22.4 Å². The summed E-state index contributed by atoms with van der Waals surface area (Å²) in [5, 5.41) is 2.93. The molecule has 2 atom stereocenters. The van der Waals surface area contributed by atoms with Gasteiger partial charge in [0.05, 0.1) is 11.8 Å². The van der Waals surface area contributed by atoms with Gasteiger partial charge in [-0.2, -0.15) is 0 Å². The van der Waals surface area contributed by atoms with Gasteiger partial charge in [0.1, 0.15) is 6.26 Å². The molecule has 0 spiro atoms. The minimum absolute atomic E-state index is 0.0460. The first-order chi connectivity index (χ1) is 7.27. The van der Waals surface area contributed by atoms with Crippen LogP contribution in [0.2, 0.25) is 0 Å². The predicted molar refractivity (Wildman–Crippen MR) is 61.1 cm³/mol. The van der Waals surface area contributed by atoms with E-state index in [0.717, 1.165) is 6.54 Å². The van der Waals surface area contributed by atoms with Crippen LogP contribution in [0.3, 0.4) is 0 Å². The summed E-state index contributed by atoms with van der Waals surface area (Å²) in [6, 6.07) is 1.68. The number of halogens is 1. The molecule has 1 N–H and O–H groups in total. The quantitative estimate of drug-likeness (QED) is 0.859. The zero-order valence-corrected chi connectivity index (χ0v) is 10.00. The second-order valence-corrected chi connectivity index (χ2v) is 5.11. The van der Waals surface area contributed by atoms with Crippen molar-refractivity contribution in [2.24, 2.45) is 5.92 Å². The van der Waals surface area contributed by atoms with Gasteiger partial charge in [-0.3, -0.25) is 4.79 Å². The highest BCUT2D eigenvalue weighted by Crippen LogP contribution is 2.30. The molecular formula is C11H14BrNO2. The second kappa shape index (κ2) is 4.84. The fourth-order valence-corrected chi connectivity index (χ4v) is 2.72. The van der Waals surface area contributed by atoms with E-state index in [4.69, 9.17) is 4.42 Å². The average Bonchev–Trinajstić information content (AvgIpc) is 2.85. The normalized spacial score (nSPS) is 25.4. The smallest absolute Gasteiger partial charge is 0.254 e. The first kappa shape index (κ1) is 10.7. The zero-order valence-electron chi connectivity index (χ0n) is 8.41. The molecule has 1 aromatic rings. The van der Waals surface area contributed by atoms with E-state index >= 15 is 0 Å². The molecule has 1 heterocycles. The summed E-state index contributed by atoms with van der Waals surface area (Å²) in [5.41, 5.74) is 0.596. The lowest BCUT2D eigenvalue weighted by molar-refractivity contribution is 0.0947. The van der Waals surface area contributed by atoms with E-state index in [9.17, 15) is 4.79 Å². The number of amides is 1. The Bertz CT molecular complexity index is 323. The van der Waals surface area contributed by atoms with E-state index in [1.54, 1.807) is 6.07 Å². The minimum atomic E-state index is -0.0460. The van der Waals surface area contributed by atoms with Gasteiger partial charge in [0, 0.05) is 11.4 Å². The Morgan fingerprint density at radius 2 is 2.47 bits per heavy atom. The van der Waals surface area contributed by atoms with Crippen LogP contribution in [0.15, 0.2) is 23.0 Å². The lowest BCUT2D eigenvalue weighted by atomic mass is 10.1. The van der Waals surface area contributed by atoms with Gasteiger partial charge in [-0.05, 0) is 24.8 Å². The fourth-order valence-electron chi connectivity index (χ4n) is 1.94. The molecule has 1 amide bonds. The number of hydrogen-bond donors (Lipinski definition) is 1. The molecule has 3 nitrogen and oxygen atoms in total. The van der Waals surface area contributed by atoms with Crippen molar-refractivity contribution < 1.29 is 9.21 Å². The average molecular weight is 272 g/mol. The molecule has 2 rings (SSSR count). The minimum Gasteiger partial charge on any atom is -0.472 e. The predicted octanol–water partition coefficient (Wildman–Crippen LogP) is 2.57. The maximum Gasteiger partial charge on any atom is 0.254 e. The van der Waals surface area contributed by atoms with Crippen LogP contribution in [0, 0.1) is 5.92 Å². The van der Waals surface area contributed by atoms with Gasteiger partial charge in [-0.25, -0.2) is 0 Å². The Labute approximate surface area is 97.4 Å². The molecule has 1 saturated carbocycles. The Morgan fingerprint density at radius 1 is 1.60 bits per heavy atom. The van der Waals surface area contributed by atoms with Crippen LogP contribution in [0.1, 0.15) is 29.6 Å². The lowest BCUT2D eigenvalue weighted by Crippen LogP contribution is -2.30. The summed E-state index contributed by atoms with van der Waals surface area (Å²) in [6.45, 7) is 0.750. The van der Waals surface area contributed by atoms with Crippen LogP contribution in [0.5, 0.6) is 0 Å². The van der Waals surface area contributed by atoms with Gasteiger partial charge in [0.2, 0.25) is 0 Å². The zero-order chi connectivity index (χ0) is 10.7. The van der Waals surface area contributed by atoms with Crippen molar-refractivity contribution in [1.82, 2.24) is 5.32 Å². The maximum absolute atomic E-state index is 11.6. The monoisotopic (exact) mass is 271 g/mol. The van der Waals surface area contributed by atoms with E-state index in [1.165, 1.54) is 31.8 Å². The largest absolute Gasteiger partial charge is 0.472 e. The van der Waals surface area contributed by atoms with Crippen molar-refractivity contribution in [3.8, 4) is 0 Å². The highest BCUT2D eigenvalue weighted by atomic mass is 79.9. The van der Waals surface area contributed by atoms with Gasteiger partial charge >= 0.3 is 0 Å². The molecule has 4 heteroatoms. The Kier molecular flexibility index (Phi) is 3.46. The van der Waals surface area contributed by atoms with E-state index in [2.05, 4.69) is 21.2 Å². The van der Waals surface area contributed by atoms with Crippen LogP contribution in [-0.4, -0.2) is 17.3 Å². The molecule has 0 bridgehead atoms. The Balaban J connectivity index is 1.81. The summed E-state index contributed by atoms with van der Waals surface area (Å²) in [6.07, 6.45) is 6.64. The molecule has 1 fully saturated rings. The highest BCUT2D eigenvalue weighted by Gasteiger charge is 2.25. The summed E-state index contributed by atoms with van der Waals surface area (Å²) in [4.78, 5) is 12.1. The van der Waals surface area contributed by atoms with Gasteiger partial charge in [-0.15, -0.1) is 0 Å². The molecule has 2 unspecified atom stereocenters. The summed E-state index contributed by atoms with van der Waals surface area (Å²) in [5.74, 6) is 0.524. The third-order valence-corrected chi connectivity index (χ3v) is 4.08. The van der Waals surface area contributed by atoms with Crippen molar-refractivity contribution in [1.29, 1.82) is 0 Å². The van der Waals surface area contributed by atoms with Crippen LogP contribution in [0.25, 0.3) is 0 Å². The number of carbonyl (C=O) groups excluding carboxylic acids is 1. The van der Waals surface area contributed by atoms with Crippen LogP contribution >= 0.6 is 15.9 Å². The lowest BCUT2D eigenvalue weighted by Gasteiger charge is -2.14. The first-order valence-electron chi connectivity index (χ1n) is 5.22. The van der Waals surface area contributed by atoms with Crippen molar-refractivity contribution in [3.63, 3.8) is 0 Å². The van der Waals surface area contributed by atoms with Crippen molar-refractivity contribution in [3.05, 3.63) is 24.2 Å². The molecule has 0 radical (unpaired) electrons. The third kappa shape index (κ3) is 2.62. The first-order valence-corrected chi connectivity index (χ1v) is 6.13. The number of furan rings is 1. The van der Waals surface area contributed by atoms with E-state index in [1.807, 2.05) is 0 Å².